The van der Waals surface area contributed by atoms with Crippen molar-refractivity contribution in [3.05, 3.63) is 71.9 Å². The number of esters is 1. The smallest absolute Gasteiger partial charge is 0.340 e. The van der Waals surface area contributed by atoms with E-state index < -0.39 is 15.8 Å². The molecular weight excluding hydrogens is 464 g/mol. The van der Waals surface area contributed by atoms with Crippen LogP contribution in [0.2, 0.25) is 0 Å². The summed E-state index contributed by atoms with van der Waals surface area (Å²) >= 11 is 0. The minimum absolute atomic E-state index is 0.00381. The second kappa shape index (κ2) is 9.85. The third-order valence-corrected chi connectivity index (χ3v) is 8.89. The zero-order valence-corrected chi connectivity index (χ0v) is 20.5. The Bertz CT molecular complexity index is 1330. The fraction of sp³-hybridized carbons (Fsp3) is 0.407. The van der Waals surface area contributed by atoms with Crippen molar-refractivity contribution in [2.75, 3.05) is 18.1 Å². The molecule has 5 rings (SSSR count). The average molecular weight is 495 g/mol. The van der Waals surface area contributed by atoms with Crippen LogP contribution in [0.4, 0.5) is 0 Å². The molecule has 1 amide bonds. The van der Waals surface area contributed by atoms with Gasteiger partial charge in [0.05, 0.1) is 17.1 Å². The number of ether oxygens (including phenoxy) is 1. The van der Waals surface area contributed by atoms with Gasteiger partial charge in [0.15, 0.2) is 16.4 Å². The first kappa shape index (κ1) is 23.6. The number of aromatic nitrogens is 1. The largest absolute Gasteiger partial charge is 0.452 e. The number of benzene rings is 2. The van der Waals surface area contributed by atoms with Crippen LogP contribution < -0.4 is 0 Å². The van der Waals surface area contributed by atoms with Crippen LogP contribution in [0.15, 0.2) is 60.8 Å². The lowest BCUT2D eigenvalue weighted by Crippen LogP contribution is -2.48. The lowest BCUT2D eigenvalue weighted by atomic mass is 10.1. The molecule has 2 heterocycles. The van der Waals surface area contributed by atoms with Crippen LogP contribution in [0.25, 0.3) is 10.9 Å². The molecule has 7 nitrogen and oxygen atoms in total. The standard InChI is InChI=1S/C27H30N2O5S/c30-26(29(21-10-4-5-11-21)22-14-15-35(32,33)19-22)18-34-27(31)24-17-28(16-20-8-2-1-3-9-20)25-13-7-6-12-23(24)25/h1-3,6-9,12-13,17,21-22H,4-5,10-11,14-16,18-19H2. The van der Waals surface area contributed by atoms with Gasteiger partial charge in [-0.2, -0.15) is 0 Å². The molecule has 2 aliphatic rings. The quantitative estimate of drug-likeness (QED) is 0.467. The highest BCUT2D eigenvalue weighted by molar-refractivity contribution is 7.91. The van der Waals surface area contributed by atoms with E-state index >= 15 is 0 Å². The summed E-state index contributed by atoms with van der Waals surface area (Å²) < 4.78 is 31.7. The minimum Gasteiger partial charge on any atom is -0.452 e. The molecule has 8 heteroatoms. The average Bonchev–Trinajstić information content (AvgIpc) is 3.59. The second-order valence-corrected chi connectivity index (χ2v) is 11.8. The first-order chi connectivity index (χ1) is 16.9. The van der Waals surface area contributed by atoms with Gasteiger partial charge in [-0.15, -0.1) is 0 Å². The van der Waals surface area contributed by atoms with Crippen molar-refractivity contribution in [1.29, 1.82) is 0 Å². The Morgan fingerprint density at radius 2 is 1.66 bits per heavy atom. The van der Waals surface area contributed by atoms with Gasteiger partial charge < -0.3 is 14.2 Å². The highest BCUT2D eigenvalue weighted by Crippen LogP contribution is 2.29. The van der Waals surface area contributed by atoms with E-state index in [0.29, 0.717) is 18.5 Å². The molecule has 2 fully saturated rings. The molecule has 0 radical (unpaired) electrons. The van der Waals surface area contributed by atoms with Gasteiger partial charge in [-0.05, 0) is 30.9 Å². The predicted octanol–water partition coefficient (Wildman–Crippen LogP) is 3.80. The zero-order chi connectivity index (χ0) is 24.4. The number of para-hydroxylation sites is 1. The summed E-state index contributed by atoms with van der Waals surface area (Å²) in [6.45, 7) is 0.225. The number of hydrogen-bond donors (Lipinski definition) is 0. The van der Waals surface area contributed by atoms with Crippen LogP contribution in [0.5, 0.6) is 0 Å². The van der Waals surface area contributed by atoms with Crippen molar-refractivity contribution < 1.29 is 22.7 Å². The topological polar surface area (TPSA) is 85.7 Å². The van der Waals surface area contributed by atoms with E-state index in [-0.39, 0.29) is 36.1 Å². The number of hydrogen-bond acceptors (Lipinski definition) is 5. The van der Waals surface area contributed by atoms with Crippen molar-refractivity contribution in [3.8, 4) is 0 Å². The number of fused-ring (bicyclic) bond motifs is 1. The van der Waals surface area contributed by atoms with Crippen molar-refractivity contribution in [3.63, 3.8) is 0 Å². The van der Waals surface area contributed by atoms with Gasteiger partial charge >= 0.3 is 5.97 Å². The number of rotatable bonds is 7. The Kier molecular flexibility index (Phi) is 6.65. The van der Waals surface area contributed by atoms with Crippen LogP contribution in [0, 0.1) is 0 Å². The summed E-state index contributed by atoms with van der Waals surface area (Å²) in [6.07, 6.45) is 6.00. The Labute approximate surface area is 205 Å². The van der Waals surface area contributed by atoms with Gasteiger partial charge in [0.25, 0.3) is 5.91 Å². The molecule has 0 spiro atoms. The molecule has 3 aromatic rings. The van der Waals surface area contributed by atoms with Crippen molar-refractivity contribution in [1.82, 2.24) is 9.47 Å². The van der Waals surface area contributed by atoms with E-state index in [0.717, 1.165) is 42.1 Å². The Hall–Kier alpha value is -3.13. The molecular formula is C27H30N2O5S. The maximum atomic E-state index is 13.2. The van der Waals surface area contributed by atoms with Gasteiger partial charge in [-0.25, -0.2) is 13.2 Å². The van der Waals surface area contributed by atoms with Crippen LogP contribution >= 0.6 is 0 Å². The summed E-state index contributed by atoms with van der Waals surface area (Å²) in [5, 5.41) is 0.774. The van der Waals surface area contributed by atoms with Crippen LogP contribution in [-0.2, 0) is 25.9 Å². The van der Waals surface area contributed by atoms with E-state index in [9.17, 15) is 18.0 Å². The van der Waals surface area contributed by atoms with Gasteiger partial charge in [0, 0.05) is 35.7 Å². The van der Waals surface area contributed by atoms with E-state index in [4.69, 9.17) is 4.74 Å². The minimum atomic E-state index is -3.13. The van der Waals surface area contributed by atoms with E-state index in [1.54, 1.807) is 11.1 Å². The summed E-state index contributed by atoms with van der Waals surface area (Å²) in [4.78, 5) is 28.0. The number of nitrogens with zero attached hydrogens (tertiary/aromatic N) is 2. The van der Waals surface area contributed by atoms with Gasteiger partial charge in [-0.3, -0.25) is 4.79 Å². The third-order valence-electron chi connectivity index (χ3n) is 7.14. The first-order valence-electron chi connectivity index (χ1n) is 12.2. The fourth-order valence-electron chi connectivity index (χ4n) is 5.48. The molecule has 1 aromatic heterocycles. The number of carbonyl (C=O) groups excluding carboxylic acids is 2. The van der Waals surface area contributed by atoms with E-state index in [1.165, 1.54) is 0 Å². The molecule has 184 valence electrons. The molecule has 1 aliphatic carbocycles. The van der Waals surface area contributed by atoms with E-state index in [1.807, 2.05) is 59.2 Å². The molecule has 35 heavy (non-hydrogen) atoms. The fourth-order valence-corrected chi connectivity index (χ4v) is 7.19. The predicted molar refractivity (Wildman–Crippen MR) is 134 cm³/mol. The lowest BCUT2D eigenvalue weighted by Gasteiger charge is -2.33. The molecule has 0 N–H and O–H groups in total. The maximum absolute atomic E-state index is 13.2. The summed E-state index contributed by atoms with van der Waals surface area (Å²) in [5.41, 5.74) is 2.45. The number of sulfone groups is 1. The highest BCUT2D eigenvalue weighted by atomic mass is 32.2. The second-order valence-electron chi connectivity index (χ2n) is 9.55. The SMILES string of the molecule is O=C(OCC(=O)N(C1CCCC1)C1CCS(=O)(=O)C1)c1cn(Cc2ccccc2)c2ccccc12. The molecule has 2 aromatic carbocycles. The monoisotopic (exact) mass is 494 g/mol. The first-order valence-corrected chi connectivity index (χ1v) is 14.0. The van der Waals surface area contributed by atoms with Crippen LogP contribution in [0.3, 0.4) is 0 Å². The molecule has 1 saturated carbocycles. The van der Waals surface area contributed by atoms with Gasteiger partial charge in [0.2, 0.25) is 0 Å². The van der Waals surface area contributed by atoms with Gasteiger partial charge in [0.1, 0.15) is 0 Å². The molecule has 1 saturated heterocycles. The van der Waals surface area contributed by atoms with Crippen LogP contribution in [-0.4, -0.2) is 60.0 Å². The maximum Gasteiger partial charge on any atom is 0.340 e. The normalized spacial score (nSPS) is 19.7. The molecule has 1 unspecified atom stereocenters. The summed E-state index contributed by atoms with van der Waals surface area (Å²) in [6, 6.07) is 17.3. The molecule has 1 atom stereocenters. The van der Waals surface area contributed by atoms with E-state index in [2.05, 4.69) is 0 Å². The zero-order valence-electron chi connectivity index (χ0n) is 19.6. The van der Waals surface area contributed by atoms with Crippen molar-refractivity contribution >= 4 is 32.6 Å². The van der Waals surface area contributed by atoms with Crippen LogP contribution in [0.1, 0.15) is 48.0 Å². The third kappa shape index (κ3) is 5.12. The number of amides is 1. The lowest BCUT2D eigenvalue weighted by molar-refractivity contribution is -0.139. The van der Waals surface area contributed by atoms with Crippen molar-refractivity contribution in [2.24, 2.45) is 0 Å². The van der Waals surface area contributed by atoms with Gasteiger partial charge in [-0.1, -0.05) is 61.4 Å². The Morgan fingerprint density at radius 1 is 0.943 bits per heavy atom. The summed E-state index contributed by atoms with van der Waals surface area (Å²) in [5.74, 6) is -0.752. The molecule has 0 bridgehead atoms. The Balaban J connectivity index is 1.33. The summed E-state index contributed by atoms with van der Waals surface area (Å²) in [7, 11) is -3.13. The number of carbonyl (C=O) groups is 2. The Morgan fingerprint density at radius 3 is 2.37 bits per heavy atom. The molecule has 1 aliphatic heterocycles. The van der Waals surface area contributed by atoms with Crippen molar-refractivity contribution in [2.45, 2.75) is 50.7 Å². The highest BCUT2D eigenvalue weighted by Gasteiger charge is 2.39.